The van der Waals surface area contributed by atoms with Crippen molar-refractivity contribution >= 4 is 5.91 Å². The number of hydrogen-bond donors (Lipinski definition) is 1. The number of amides is 1. The van der Waals surface area contributed by atoms with Gasteiger partial charge in [0.2, 0.25) is 5.91 Å². The lowest BCUT2D eigenvalue weighted by Crippen LogP contribution is -2.44. The van der Waals surface area contributed by atoms with Crippen LogP contribution < -0.4 is 5.73 Å². The van der Waals surface area contributed by atoms with Gasteiger partial charge in [-0.15, -0.1) is 0 Å². The number of rotatable bonds is 8. The maximum atomic E-state index is 12.3. The molecule has 1 rings (SSSR count). The van der Waals surface area contributed by atoms with E-state index < -0.39 is 0 Å². The molecule has 1 aromatic rings. The Morgan fingerprint density at radius 1 is 1.33 bits per heavy atom. The molecule has 0 fully saturated rings. The molecule has 21 heavy (non-hydrogen) atoms. The van der Waals surface area contributed by atoms with Gasteiger partial charge in [-0.1, -0.05) is 13.0 Å². The maximum Gasteiger partial charge on any atom is 0.236 e. The van der Waals surface area contributed by atoms with Crippen molar-refractivity contribution in [3.8, 4) is 0 Å². The molecule has 0 aliphatic rings. The van der Waals surface area contributed by atoms with Crippen molar-refractivity contribution in [3.63, 3.8) is 0 Å². The lowest BCUT2D eigenvalue weighted by atomic mass is 9.98. The molecule has 0 bridgehead atoms. The minimum absolute atomic E-state index is 0.00297. The van der Waals surface area contributed by atoms with Crippen LogP contribution in [0.1, 0.15) is 38.8 Å². The average molecular weight is 292 g/mol. The second kappa shape index (κ2) is 8.74. The fraction of sp³-hybridized carbons (Fsp3) is 0.625. The molecule has 118 valence electrons. The van der Waals surface area contributed by atoms with E-state index in [1.54, 1.807) is 6.20 Å². The van der Waals surface area contributed by atoms with E-state index in [-0.39, 0.29) is 18.0 Å². The van der Waals surface area contributed by atoms with Crippen molar-refractivity contribution in [2.24, 2.45) is 5.73 Å². The van der Waals surface area contributed by atoms with Gasteiger partial charge in [0.15, 0.2) is 0 Å². The van der Waals surface area contributed by atoms with Crippen LogP contribution in [0, 0.1) is 0 Å². The highest BCUT2D eigenvalue weighted by Crippen LogP contribution is 2.23. The second-order valence-corrected chi connectivity index (χ2v) is 5.28. The maximum absolute atomic E-state index is 12.3. The van der Waals surface area contributed by atoms with E-state index >= 15 is 0 Å². The molecular formula is C16H28N4O. The molecule has 1 amide bonds. The zero-order chi connectivity index (χ0) is 15.8. The summed E-state index contributed by atoms with van der Waals surface area (Å²) in [5.41, 5.74) is 7.33. The lowest BCUT2D eigenvalue weighted by Gasteiger charge is -2.33. The fourth-order valence-corrected chi connectivity index (χ4v) is 2.59. The van der Waals surface area contributed by atoms with Gasteiger partial charge in [-0.05, 0) is 38.9 Å². The molecule has 1 heterocycles. The Bertz CT molecular complexity index is 420. The molecule has 0 spiro atoms. The molecule has 1 aromatic heterocycles. The Hall–Kier alpha value is -1.46. The van der Waals surface area contributed by atoms with Crippen molar-refractivity contribution < 1.29 is 4.79 Å². The summed E-state index contributed by atoms with van der Waals surface area (Å²) in [6.45, 7) is 7.90. The van der Waals surface area contributed by atoms with E-state index in [1.807, 2.05) is 49.0 Å². The number of aromatic nitrogens is 1. The Kier molecular flexibility index (Phi) is 7.32. The number of nitrogens with two attached hydrogens (primary N) is 1. The number of hydrogen-bond acceptors (Lipinski definition) is 4. The monoisotopic (exact) mass is 292 g/mol. The van der Waals surface area contributed by atoms with Gasteiger partial charge in [-0.3, -0.25) is 14.7 Å². The van der Waals surface area contributed by atoms with Gasteiger partial charge in [0, 0.05) is 31.5 Å². The molecule has 2 atom stereocenters. The van der Waals surface area contributed by atoms with Gasteiger partial charge < -0.3 is 10.6 Å². The smallest absolute Gasteiger partial charge is 0.236 e. The Balaban J connectivity index is 2.87. The lowest BCUT2D eigenvalue weighted by molar-refractivity contribution is -0.132. The normalized spacial score (nSPS) is 14.0. The predicted octanol–water partition coefficient (Wildman–Crippen LogP) is 1.66. The van der Waals surface area contributed by atoms with E-state index in [4.69, 9.17) is 5.73 Å². The summed E-state index contributed by atoms with van der Waals surface area (Å²) in [5.74, 6) is 0.139. The first kappa shape index (κ1) is 17.6. The van der Waals surface area contributed by atoms with Gasteiger partial charge in [-0.2, -0.15) is 0 Å². The van der Waals surface area contributed by atoms with Crippen LogP contribution in [0.2, 0.25) is 0 Å². The van der Waals surface area contributed by atoms with Crippen LogP contribution in [0.4, 0.5) is 0 Å². The number of likely N-dealkylation sites (N-methyl/N-ethyl adjacent to an activating group) is 2. The average Bonchev–Trinajstić information content (AvgIpc) is 2.49. The third kappa shape index (κ3) is 4.79. The molecule has 5 nitrogen and oxygen atoms in total. The van der Waals surface area contributed by atoms with Gasteiger partial charge >= 0.3 is 0 Å². The topological polar surface area (TPSA) is 62.5 Å². The Labute approximate surface area is 128 Å². The van der Waals surface area contributed by atoms with E-state index in [0.717, 1.165) is 25.1 Å². The molecule has 0 aromatic carbocycles. The van der Waals surface area contributed by atoms with Crippen molar-refractivity contribution in [1.29, 1.82) is 0 Å². The summed E-state index contributed by atoms with van der Waals surface area (Å²) < 4.78 is 0. The molecule has 0 aliphatic carbocycles. The summed E-state index contributed by atoms with van der Waals surface area (Å²) in [6, 6.07) is 3.91. The van der Waals surface area contributed by atoms with E-state index in [1.165, 1.54) is 0 Å². The largest absolute Gasteiger partial charge is 0.342 e. The number of pyridine rings is 1. The van der Waals surface area contributed by atoms with Crippen molar-refractivity contribution in [1.82, 2.24) is 14.8 Å². The highest BCUT2D eigenvalue weighted by molar-refractivity contribution is 5.78. The number of carbonyl (C=O) groups is 1. The standard InChI is InChI=1S/C16H28N4O/c1-5-14(17)16(13-9-8-10-18-11-13)19(4)12-15(21)20(6-2)7-3/h8-11,14,16H,5-7,12,17H2,1-4H3. The van der Waals surface area contributed by atoms with Gasteiger partial charge in [0.05, 0.1) is 12.6 Å². The molecule has 0 radical (unpaired) electrons. The Morgan fingerprint density at radius 3 is 2.48 bits per heavy atom. The van der Waals surface area contributed by atoms with E-state index in [2.05, 4.69) is 11.9 Å². The fourth-order valence-electron chi connectivity index (χ4n) is 2.59. The van der Waals surface area contributed by atoms with Crippen LogP contribution in [0.15, 0.2) is 24.5 Å². The summed E-state index contributed by atoms with van der Waals surface area (Å²) in [7, 11) is 1.95. The minimum Gasteiger partial charge on any atom is -0.342 e. The molecule has 0 saturated carbocycles. The zero-order valence-corrected chi connectivity index (χ0v) is 13.6. The van der Waals surface area contributed by atoms with Crippen molar-refractivity contribution in [3.05, 3.63) is 30.1 Å². The van der Waals surface area contributed by atoms with Gasteiger partial charge in [-0.25, -0.2) is 0 Å². The van der Waals surface area contributed by atoms with Crippen molar-refractivity contribution in [2.45, 2.75) is 39.3 Å². The van der Waals surface area contributed by atoms with Crippen LogP contribution >= 0.6 is 0 Å². The summed E-state index contributed by atoms with van der Waals surface area (Å²) >= 11 is 0. The van der Waals surface area contributed by atoms with E-state index in [0.29, 0.717) is 6.54 Å². The number of nitrogens with zero attached hydrogens (tertiary/aromatic N) is 3. The van der Waals surface area contributed by atoms with E-state index in [9.17, 15) is 4.79 Å². The SMILES string of the molecule is CCC(N)C(c1cccnc1)N(C)CC(=O)N(CC)CC. The molecule has 0 aliphatic heterocycles. The molecular weight excluding hydrogens is 264 g/mol. The third-order valence-corrected chi connectivity index (χ3v) is 3.88. The van der Waals surface area contributed by atoms with Crippen LogP contribution in [0.3, 0.4) is 0 Å². The first-order valence-electron chi connectivity index (χ1n) is 7.68. The summed E-state index contributed by atoms with van der Waals surface area (Å²) in [5, 5.41) is 0. The highest BCUT2D eigenvalue weighted by Gasteiger charge is 2.25. The van der Waals surface area contributed by atoms with Crippen LogP contribution in [0.5, 0.6) is 0 Å². The summed E-state index contributed by atoms with van der Waals surface area (Å²) in [4.78, 5) is 20.3. The second-order valence-electron chi connectivity index (χ2n) is 5.28. The Morgan fingerprint density at radius 2 is 2.00 bits per heavy atom. The van der Waals surface area contributed by atoms with Crippen molar-refractivity contribution in [2.75, 3.05) is 26.7 Å². The minimum atomic E-state index is -0.0243. The number of carbonyl (C=O) groups excluding carboxylic acids is 1. The highest BCUT2D eigenvalue weighted by atomic mass is 16.2. The quantitative estimate of drug-likeness (QED) is 0.791. The predicted molar refractivity (Wildman–Crippen MR) is 85.8 cm³/mol. The molecule has 2 N–H and O–H groups in total. The van der Waals surface area contributed by atoms with Crippen LogP contribution in [0.25, 0.3) is 0 Å². The first-order valence-corrected chi connectivity index (χ1v) is 7.68. The van der Waals surface area contributed by atoms with Crippen LogP contribution in [-0.2, 0) is 4.79 Å². The molecule has 5 heteroatoms. The first-order chi connectivity index (χ1) is 10.0. The van der Waals surface area contributed by atoms with Crippen LogP contribution in [-0.4, -0.2) is 53.4 Å². The van der Waals surface area contributed by atoms with Gasteiger partial charge in [0.1, 0.15) is 0 Å². The van der Waals surface area contributed by atoms with Gasteiger partial charge in [0.25, 0.3) is 0 Å². The zero-order valence-electron chi connectivity index (χ0n) is 13.6. The summed E-state index contributed by atoms with van der Waals surface area (Å²) in [6.07, 6.45) is 4.43. The molecule has 2 unspecified atom stereocenters. The third-order valence-electron chi connectivity index (χ3n) is 3.88. The molecule has 0 saturated heterocycles.